The van der Waals surface area contributed by atoms with Crippen molar-refractivity contribution in [3.63, 3.8) is 0 Å². The van der Waals surface area contributed by atoms with E-state index >= 15 is 0 Å². The fourth-order valence-corrected chi connectivity index (χ4v) is 2.80. The molecule has 1 aliphatic heterocycles. The molecule has 0 aliphatic carbocycles. The molecule has 0 saturated carbocycles. The van der Waals surface area contributed by atoms with Crippen molar-refractivity contribution in [2.45, 2.75) is 0 Å². The molecular weight excluding hydrogens is 306 g/mol. The van der Waals surface area contributed by atoms with Crippen molar-refractivity contribution in [3.05, 3.63) is 81.9 Å². The van der Waals surface area contributed by atoms with Crippen molar-refractivity contribution in [1.82, 2.24) is 5.32 Å². The van der Waals surface area contributed by atoms with Crippen molar-refractivity contribution in [1.29, 1.82) is 0 Å². The fraction of sp³-hybridized carbons (Fsp3) is 0. The van der Waals surface area contributed by atoms with Crippen LogP contribution in [0.4, 0.5) is 11.4 Å². The molecule has 0 bridgehead atoms. The number of non-ortho nitro benzene ring substituents is 1. The van der Waals surface area contributed by atoms with Gasteiger partial charge in [0.2, 0.25) is 0 Å². The Kier molecular flexibility index (Phi) is 3.09. The van der Waals surface area contributed by atoms with Crippen LogP contribution in [0, 0.1) is 10.1 Å². The first-order valence-electron chi connectivity index (χ1n) is 7.30. The second kappa shape index (κ2) is 5.27. The lowest BCUT2D eigenvalue weighted by atomic mass is 10.0. The summed E-state index contributed by atoms with van der Waals surface area (Å²) >= 11 is 0. The number of carbonyl (C=O) groups is 1. The average molecular weight is 317 g/mol. The maximum atomic E-state index is 12.4. The third-order valence-corrected chi connectivity index (χ3v) is 3.94. The maximum absolute atomic E-state index is 12.4. The molecule has 6 nitrogen and oxygen atoms in total. The highest BCUT2D eigenvalue weighted by Gasteiger charge is 2.20. The summed E-state index contributed by atoms with van der Waals surface area (Å²) in [7, 11) is 0. The van der Waals surface area contributed by atoms with Crippen LogP contribution in [0.2, 0.25) is 0 Å². The first-order chi connectivity index (χ1) is 11.6. The third-order valence-electron chi connectivity index (χ3n) is 3.94. The smallest absolute Gasteiger partial charge is 0.269 e. The average Bonchev–Trinajstić information content (AvgIpc) is 2.95. The van der Waals surface area contributed by atoms with Crippen molar-refractivity contribution in [2.75, 3.05) is 0 Å². The van der Waals surface area contributed by atoms with Crippen LogP contribution in [0.25, 0.3) is 10.8 Å². The molecule has 0 aromatic heterocycles. The van der Waals surface area contributed by atoms with E-state index in [2.05, 4.69) is 10.3 Å². The molecule has 0 radical (unpaired) electrons. The number of nitro groups is 1. The highest BCUT2D eigenvalue weighted by atomic mass is 16.6. The number of hydrogen-bond donors (Lipinski definition) is 1. The molecule has 1 aliphatic rings. The van der Waals surface area contributed by atoms with E-state index in [-0.39, 0.29) is 11.6 Å². The summed E-state index contributed by atoms with van der Waals surface area (Å²) < 4.78 is 0. The molecule has 24 heavy (non-hydrogen) atoms. The lowest BCUT2D eigenvalue weighted by Crippen LogP contribution is -2.30. The Morgan fingerprint density at radius 1 is 1.00 bits per heavy atom. The van der Waals surface area contributed by atoms with E-state index in [1.54, 1.807) is 0 Å². The van der Waals surface area contributed by atoms with Crippen LogP contribution in [0.15, 0.2) is 65.7 Å². The van der Waals surface area contributed by atoms with Crippen LogP contribution >= 0.6 is 0 Å². The van der Waals surface area contributed by atoms with Crippen LogP contribution < -0.4 is 5.32 Å². The predicted molar refractivity (Wildman–Crippen MR) is 90.7 cm³/mol. The number of amides is 1. The number of amidine groups is 1. The minimum atomic E-state index is -0.500. The van der Waals surface area contributed by atoms with E-state index in [0.717, 1.165) is 22.0 Å². The summed E-state index contributed by atoms with van der Waals surface area (Å²) in [6, 6.07) is 17.1. The largest absolute Gasteiger partial charge is 0.306 e. The van der Waals surface area contributed by atoms with Crippen LogP contribution in [0.5, 0.6) is 0 Å². The summed E-state index contributed by atoms with van der Waals surface area (Å²) in [6.07, 6.45) is 0. The van der Waals surface area contributed by atoms with Crippen molar-refractivity contribution < 1.29 is 9.72 Å². The van der Waals surface area contributed by atoms with Gasteiger partial charge in [0.25, 0.3) is 11.6 Å². The van der Waals surface area contributed by atoms with E-state index < -0.39 is 4.92 Å². The van der Waals surface area contributed by atoms with Crippen LogP contribution in [-0.2, 0) is 0 Å². The fourth-order valence-electron chi connectivity index (χ4n) is 2.80. The molecule has 0 spiro atoms. The van der Waals surface area contributed by atoms with Crippen LogP contribution in [0.1, 0.15) is 15.9 Å². The number of aliphatic imine (C=N–C) groups is 1. The minimum Gasteiger partial charge on any atom is -0.306 e. The molecule has 3 aromatic rings. The van der Waals surface area contributed by atoms with Gasteiger partial charge in [-0.15, -0.1) is 0 Å². The van der Waals surface area contributed by atoms with Gasteiger partial charge in [-0.2, -0.15) is 0 Å². The Hall–Kier alpha value is -3.54. The molecule has 1 heterocycles. The highest BCUT2D eigenvalue weighted by Crippen LogP contribution is 2.34. The van der Waals surface area contributed by atoms with Gasteiger partial charge in [0.05, 0.1) is 10.6 Å². The number of nitrogens with one attached hydrogen (secondary N) is 1. The Labute approximate surface area is 136 Å². The second-order valence-electron chi connectivity index (χ2n) is 5.40. The van der Waals surface area contributed by atoms with E-state index in [9.17, 15) is 14.9 Å². The number of nitrogens with zero attached hydrogens (tertiary/aromatic N) is 2. The molecule has 1 amide bonds. The van der Waals surface area contributed by atoms with Gasteiger partial charge in [-0.25, -0.2) is 4.99 Å². The molecule has 4 rings (SSSR count). The zero-order valence-corrected chi connectivity index (χ0v) is 12.4. The standard InChI is InChI=1S/C18H11N3O3/c22-18(12-7-9-13(10-8-12)21(23)24)20-17-14-5-1-3-11-4-2-6-15(19-17)16(11)14/h1-10H,(H,19,20,22). The topological polar surface area (TPSA) is 84.6 Å². The third kappa shape index (κ3) is 2.21. The van der Waals surface area contributed by atoms with Crippen LogP contribution in [0.3, 0.4) is 0 Å². The predicted octanol–water partition coefficient (Wildman–Crippen LogP) is 3.57. The molecule has 116 valence electrons. The van der Waals surface area contributed by atoms with Gasteiger partial charge in [-0.3, -0.25) is 14.9 Å². The zero-order chi connectivity index (χ0) is 16.7. The monoisotopic (exact) mass is 317 g/mol. The van der Waals surface area contributed by atoms with Gasteiger partial charge in [-0.1, -0.05) is 30.3 Å². The summed E-state index contributed by atoms with van der Waals surface area (Å²) in [4.78, 5) is 27.1. The Balaban J connectivity index is 1.64. The molecule has 0 saturated heterocycles. The number of nitro benzene ring substituents is 1. The normalized spacial score (nSPS) is 12.1. The number of rotatable bonds is 2. The Bertz CT molecular complexity index is 1020. The van der Waals surface area contributed by atoms with E-state index in [4.69, 9.17) is 0 Å². The summed E-state index contributed by atoms with van der Waals surface area (Å²) in [6.45, 7) is 0. The Morgan fingerprint density at radius 3 is 2.42 bits per heavy atom. The van der Waals surface area contributed by atoms with Gasteiger partial charge >= 0.3 is 0 Å². The minimum absolute atomic E-state index is 0.0538. The summed E-state index contributed by atoms with van der Waals surface area (Å²) in [5.74, 6) is 0.138. The number of benzene rings is 3. The van der Waals surface area contributed by atoms with Gasteiger partial charge in [0, 0.05) is 28.6 Å². The number of carbonyl (C=O) groups excluding carboxylic acids is 1. The van der Waals surface area contributed by atoms with Gasteiger partial charge in [0.1, 0.15) is 5.84 Å². The van der Waals surface area contributed by atoms with Crippen LogP contribution in [-0.4, -0.2) is 16.7 Å². The number of hydrogen-bond acceptors (Lipinski definition) is 4. The van der Waals surface area contributed by atoms with Crippen molar-refractivity contribution in [2.24, 2.45) is 4.99 Å². The molecule has 3 aromatic carbocycles. The first kappa shape index (κ1) is 14.1. The summed E-state index contributed by atoms with van der Waals surface area (Å²) in [5, 5.41) is 15.5. The lowest BCUT2D eigenvalue weighted by Gasteiger charge is -2.06. The van der Waals surface area contributed by atoms with E-state index in [1.165, 1.54) is 24.3 Å². The first-order valence-corrected chi connectivity index (χ1v) is 7.30. The van der Waals surface area contributed by atoms with Gasteiger partial charge in [0.15, 0.2) is 0 Å². The van der Waals surface area contributed by atoms with Crippen molar-refractivity contribution >= 4 is 33.9 Å². The molecule has 0 fully saturated rings. The van der Waals surface area contributed by atoms with E-state index in [1.807, 2.05) is 36.4 Å². The van der Waals surface area contributed by atoms with Crippen molar-refractivity contribution in [3.8, 4) is 0 Å². The Morgan fingerprint density at radius 2 is 1.71 bits per heavy atom. The maximum Gasteiger partial charge on any atom is 0.269 e. The molecule has 1 N–H and O–H groups in total. The molecule has 0 atom stereocenters. The molecule has 6 heteroatoms. The highest BCUT2D eigenvalue weighted by molar-refractivity contribution is 6.23. The second-order valence-corrected chi connectivity index (χ2v) is 5.40. The van der Waals surface area contributed by atoms with Gasteiger partial charge < -0.3 is 5.32 Å². The van der Waals surface area contributed by atoms with Gasteiger partial charge in [-0.05, 0) is 23.6 Å². The SMILES string of the molecule is O=C(NC1=Nc2cccc3cccc1c23)c1ccc([N+](=O)[O-])cc1. The molecular formula is C18H11N3O3. The molecule has 0 unspecified atom stereocenters. The lowest BCUT2D eigenvalue weighted by molar-refractivity contribution is -0.384. The van der Waals surface area contributed by atoms with E-state index in [0.29, 0.717) is 11.4 Å². The quantitative estimate of drug-likeness (QED) is 0.579. The zero-order valence-electron chi connectivity index (χ0n) is 12.4. The summed E-state index contributed by atoms with van der Waals surface area (Å²) in [5.41, 5.74) is 1.98.